The number of benzene rings is 2. The molecule has 0 spiro atoms. The van der Waals surface area contributed by atoms with Crippen molar-refractivity contribution in [2.24, 2.45) is 0 Å². The summed E-state index contributed by atoms with van der Waals surface area (Å²) < 4.78 is 19.4. The van der Waals surface area contributed by atoms with E-state index in [9.17, 15) is 4.39 Å². The van der Waals surface area contributed by atoms with Crippen LogP contribution >= 0.6 is 24.8 Å². The summed E-state index contributed by atoms with van der Waals surface area (Å²) >= 11 is 0. The van der Waals surface area contributed by atoms with Crippen LogP contribution in [0.2, 0.25) is 0 Å². The molecule has 0 saturated carbocycles. The predicted octanol–water partition coefficient (Wildman–Crippen LogP) is 4.10. The number of nitrogen functional groups attached to an aromatic ring is 1. The van der Waals surface area contributed by atoms with Crippen molar-refractivity contribution in [3.05, 3.63) is 65.5 Å². The molecule has 0 aliphatic rings. The third-order valence-corrected chi connectivity index (χ3v) is 3.57. The lowest BCUT2D eigenvalue weighted by Gasteiger charge is -2.10. The van der Waals surface area contributed by atoms with Gasteiger partial charge >= 0.3 is 0 Å². The number of aromatic nitrogens is 1. The van der Waals surface area contributed by atoms with Gasteiger partial charge in [0.05, 0.1) is 5.52 Å². The molecule has 0 atom stereocenters. The minimum Gasteiger partial charge on any atom is -0.489 e. The van der Waals surface area contributed by atoms with Gasteiger partial charge in [-0.25, -0.2) is 9.37 Å². The monoisotopic (exact) mass is 383 g/mol. The van der Waals surface area contributed by atoms with E-state index in [1.165, 1.54) is 6.07 Å². The standard InChI is InChI=1S/C18H18FN3O.2ClH/c1-21-10-14-9-15(5-6-16(14)19)23-11-12-2-3-13-4-7-18(20)22-17(13)8-12;;/h2-9,21H,10-11H2,1H3,(H2,20,22);2*1H. The quantitative estimate of drug-likeness (QED) is 0.696. The fourth-order valence-corrected chi connectivity index (χ4v) is 2.40. The number of hydrogen-bond acceptors (Lipinski definition) is 4. The van der Waals surface area contributed by atoms with E-state index < -0.39 is 0 Å². The second-order valence-electron chi connectivity index (χ2n) is 5.34. The van der Waals surface area contributed by atoms with E-state index in [0.717, 1.165) is 16.5 Å². The Bertz CT molecular complexity index is 846. The lowest BCUT2D eigenvalue weighted by Crippen LogP contribution is -2.07. The SMILES string of the molecule is CNCc1cc(OCc2ccc3ccc(N)nc3c2)ccc1F.Cl.Cl. The maximum atomic E-state index is 13.6. The van der Waals surface area contributed by atoms with Crippen molar-refractivity contribution < 1.29 is 9.13 Å². The number of hydrogen-bond donors (Lipinski definition) is 2. The van der Waals surface area contributed by atoms with Crippen LogP contribution in [-0.2, 0) is 13.2 Å². The van der Waals surface area contributed by atoms with Gasteiger partial charge in [0.15, 0.2) is 0 Å². The van der Waals surface area contributed by atoms with Gasteiger partial charge in [-0.05, 0) is 49.0 Å². The fourth-order valence-electron chi connectivity index (χ4n) is 2.40. The van der Waals surface area contributed by atoms with E-state index >= 15 is 0 Å². The van der Waals surface area contributed by atoms with Crippen LogP contribution in [0, 0.1) is 5.82 Å². The molecule has 1 heterocycles. The minimum atomic E-state index is -0.239. The third kappa shape index (κ3) is 5.19. The molecule has 0 aliphatic carbocycles. The number of halogens is 3. The van der Waals surface area contributed by atoms with Crippen molar-refractivity contribution in [2.45, 2.75) is 13.2 Å². The van der Waals surface area contributed by atoms with Crippen molar-refractivity contribution in [3.8, 4) is 5.75 Å². The van der Waals surface area contributed by atoms with Gasteiger partial charge in [-0.15, -0.1) is 24.8 Å². The highest BCUT2D eigenvalue weighted by atomic mass is 35.5. The fraction of sp³-hybridized carbons (Fsp3) is 0.167. The zero-order valence-electron chi connectivity index (χ0n) is 13.7. The minimum absolute atomic E-state index is 0. The Morgan fingerprint density at radius 2 is 1.84 bits per heavy atom. The van der Waals surface area contributed by atoms with Crippen LogP contribution in [0.15, 0.2) is 48.5 Å². The van der Waals surface area contributed by atoms with Crippen LogP contribution in [0.1, 0.15) is 11.1 Å². The predicted molar refractivity (Wildman–Crippen MR) is 104 cm³/mol. The molecule has 0 aliphatic heterocycles. The van der Waals surface area contributed by atoms with E-state index in [1.54, 1.807) is 25.2 Å². The van der Waals surface area contributed by atoms with Crippen molar-refractivity contribution >= 4 is 41.5 Å². The Balaban J connectivity index is 0.00000156. The van der Waals surface area contributed by atoms with Gasteiger partial charge in [-0.2, -0.15) is 0 Å². The molecule has 0 radical (unpaired) electrons. The molecule has 3 aromatic rings. The summed E-state index contributed by atoms with van der Waals surface area (Å²) in [5.74, 6) is 0.889. The Hall–Kier alpha value is -2.08. The topological polar surface area (TPSA) is 60.2 Å². The molecule has 0 bridgehead atoms. The van der Waals surface area contributed by atoms with Crippen LogP contribution in [0.5, 0.6) is 5.75 Å². The van der Waals surface area contributed by atoms with E-state index in [1.807, 2.05) is 24.3 Å². The van der Waals surface area contributed by atoms with Gasteiger partial charge in [0, 0.05) is 17.5 Å². The van der Waals surface area contributed by atoms with Gasteiger partial charge in [-0.1, -0.05) is 12.1 Å². The van der Waals surface area contributed by atoms with E-state index in [-0.39, 0.29) is 30.6 Å². The van der Waals surface area contributed by atoms with Gasteiger partial charge < -0.3 is 15.8 Å². The Kier molecular flexibility index (Phi) is 7.90. The first-order valence-corrected chi connectivity index (χ1v) is 7.37. The Labute approximate surface area is 158 Å². The number of pyridine rings is 1. The van der Waals surface area contributed by atoms with Gasteiger partial charge in [0.25, 0.3) is 0 Å². The van der Waals surface area contributed by atoms with Crippen LogP contribution in [-0.4, -0.2) is 12.0 Å². The molecule has 3 rings (SSSR count). The van der Waals surface area contributed by atoms with E-state index in [0.29, 0.717) is 30.3 Å². The van der Waals surface area contributed by atoms with E-state index in [4.69, 9.17) is 10.5 Å². The van der Waals surface area contributed by atoms with Gasteiger partial charge in [0.1, 0.15) is 24.0 Å². The number of nitrogens with zero attached hydrogens (tertiary/aromatic N) is 1. The highest BCUT2D eigenvalue weighted by Gasteiger charge is 2.05. The summed E-state index contributed by atoms with van der Waals surface area (Å²) in [7, 11) is 1.78. The normalized spacial score (nSPS) is 10.0. The molecule has 0 unspecified atom stereocenters. The number of nitrogens with two attached hydrogens (primary N) is 1. The van der Waals surface area contributed by atoms with Crippen LogP contribution < -0.4 is 15.8 Å². The molecular weight excluding hydrogens is 364 g/mol. The maximum absolute atomic E-state index is 13.6. The number of rotatable bonds is 5. The molecule has 0 fully saturated rings. The zero-order chi connectivity index (χ0) is 16.2. The van der Waals surface area contributed by atoms with Crippen molar-refractivity contribution in [1.29, 1.82) is 0 Å². The number of anilines is 1. The van der Waals surface area contributed by atoms with Crippen LogP contribution in [0.3, 0.4) is 0 Å². The second kappa shape index (κ2) is 9.42. The summed E-state index contributed by atoms with van der Waals surface area (Å²) in [5.41, 5.74) is 8.11. The summed E-state index contributed by atoms with van der Waals surface area (Å²) in [4.78, 5) is 4.31. The summed E-state index contributed by atoms with van der Waals surface area (Å²) in [5, 5.41) is 3.96. The molecule has 3 N–H and O–H groups in total. The largest absolute Gasteiger partial charge is 0.489 e. The van der Waals surface area contributed by atoms with Crippen molar-refractivity contribution in [1.82, 2.24) is 10.3 Å². The molecule has 0 amide bonds. The average Bonchev–Trinajstić information content (AvgIpc) is 2.55. The number of fused-ring (bicyclic) bond motifs is 1. The summed E-state index contributed by atoms with van der Waals surface area (Å²) in [6.45, 7) is 0.846. The highest BCUT2D eigenvalue weighted by molar-refractivity contribution is 5.85. The Morgan fingerprint density at radius 3 is 2.60 bits per heavy atom. The number of ether oxygens (including phenoxy) is 1. The lowest BCUT2D eigenvalue weighted by molar-refractivity contribution is 0.305. The summed E-state index contributed by atoms with van der Waals surface area (Å²) in [6.07, 6.45) is 0. The first kappa shape index (κ1) is 21.0. The first-order valence-electron chi connectivity index (χ1n) is 7.37. The zero-order valence-corrected chi connectivity index (χ0v) is 15.3. The number of nitrogens with one attached hydrogen (secondary N) is 1. The smallest absolute Gasteiger partial charge is 0.127 e. The lowest BCUT2D eigenvalue weighted by atomic mass is 10.1. The molecule has 4 nitrogen and oxygen atoms in total. The molecule has 25 heavy (non-hydrogen) atoms. The maximum Gasteiger partial charge on any atom is 0.127 e. The Morgan fingerprint density at radius 1 is 1.08 bits per heavy atom. The third-order valence-electron chi connectivity index (χ3n) is 3.57. The van der Waals surface area contributed by atoms with Crippen molar-refractivity contribution in [3.63, 3.8) is 0 Å². The highest BCUT2D eigenvalue weighted by Crippen LogP contribution is 2.20. The molecule has 1 aromatic heterocycles. The molecule has 0 saturated heterocycles. The molecule has 2 aromatic carbocycles. The van der Waals surface area contributed by atoms with Crippen LogP contribution in [0.4, 0.5) is 10.2 Å². The van der Waals surface area contributed by atoms with Crippen LogP contribution in [0.25, 0.3) is 10.9 Å². The first-order chi connectivity index (χ1) is 11.2. The summed E-state index contributed by atoms with van der Waals surface area (Å²) in [6, 6.07) is 14.4. The van der Waals surface area contributed by atoms with Gasteiger partial charge in [0.2, 0.25) is 0 Å². The van der Waals surface area contributed by atoms with Gasteiger partial charge in [-0.3, -0.25) is 0 Å². The average molecular weight is 384 g/mol. The van der Waals surface area contributed by atoms with E-state index in [2.05, 4.69) is 10.3 Å². The molecular formula is C18H20Cl2FN3O. The molecule has 134 valence electrons. The molecule has 7 heteroatoms. The second-order valence-corrected chi connectivity index (χ2v) is 5.34. The van der Waals surface area contributed by atoms with Crippen molar-refractivity contribution in [2.75, 3.05) is 12.8 Å².